The second-order valence-corrected chi connectivity index (χ2v) is 4.86. The van der Waals surface area contributed by atoms with Crippen LogP contribution in [0.15, 0.2) is 41.0 Å². The predicted molar refractivity (Wildman–Crippen MR) is 81.5 cm³/mol. The van der Waals surface area contributed by atoms with Gasteiger partial charge in [-0.3, -0.25) is 4.90 Å². The van der Waals surface area contributed by atoms with Crippen LogP contribution in [0.5, 0.6) is 11.5 Å². The van der Waals surface area contributed by atoms with Gasteiger partial charge in [0.25, 0.3) is 0 Å². The zero-order chi connectivity index (χ0) is 15.2. The summed E-state index contributed by atoms with van der Waals surface area (Å²) in [5, 5.41) is 0. The summed E-state index contributed by atoms with van der Waals surface area (Å²) in [6.07, 6.45) is 1.68. The Morgan fingerprint density at radius 2 is 1.95 bits per heavy atom. The molecule has 1 atom stereocenters. The SMILES string of the molecule is COc1ccc(C(CN)N(C)Cc2ccco2)cc1OC. The van der Waals surface area contributed by atoms with Crippen LogP contribution in [0.3, 0.4) is 0 Å². The molecule has 114 valence electrons. The first-order valence-corrected chi connectivity index (χ1v) is 6.84. The van der Waals surface area contributed by atoms with E-state index in [0.717, 1.165) is 11.3 Å². The molecule has 0 bridgehead atoms. The highest BCUT2D eigenvalue weighted by Gasteiger charge is 2.18. The quantitative estimate of drug-likeness (QED) is 0.848. The van der Waals surface area contributed by atoms with Gasteiger partial charge in [-0.15, -0.1) is 0 Å². The molecular weight excluding hydrogens is 268 g/mol. The maximum Gasteiger partial charge on any atom is 0.161 e. The van der Waals surface area contributed by atoms with E-state index in [9.17, 15) is 0 Å². The molecule has 0 amide bonds. The molecule has 0 aliphatic carbocycles. The molecule has 0 aliphatic heterocycles. The van der Waals surface area contributed by atoms with E-state index in [0.29, 0.717) is 24.6 Å². The molecule has 1 heterocycles. The second-order valence-electron chi connectivity index (χ2n) is 4.86. The third kappa shape index (κ3) is 3.56. The van der Waals surface area contributed by atoms with Crippen molar-refractivity contribution in [2.75, 3.05) is 27.8 Å². The minimum Gasteiger partial charge on any atom is -0.493 e. The molecule has 0 fully saturated rings. The molecular formula is C16H22N2O3. The predicted octanol–water partition coefficient (Wildman–Crippen LogP) is 2.43. The van der Waals surface area contributed by atoms with Crippen LogP contribution in [0, 0.1) is 0 Å². The van der Waals surface area contributed by atoms with Crippen LogP contribution in [0.1, 0.15) is 17.4 Å². The van der Waals surface area contributed by atoms with Crippen molar-refractivity contribution in [1.82, 2.24) is 4.90 Å². The minimum absolute atomic E-state index is 0.0786. The Kier molecular flexibility index (Phi) is 5.25. The molecule has 0 saturated carbocycles. The summed E-state index contributed by atoms with van der Waals surface area (Å²) in [5.41, 5.74) is 7.04. The largest absolute Gasteiger partial charge is 0.493 e. The van der Waals surface area contributed by atoms with Gasteiger partial charge in [0, 0.05) is 12.6 Å². The fraction of sp³-hybridized carbons (Fsp3) is 0.375. The molecule has 5 heteroatoms. The van der Waals surface area contributed by atoms with E-state index < -0.39 is 0 Å². The topological polar surface area (TPSA) is 60.9 Å². The zero-order valence-electron chi connectivity index (χ0n) is 12.7. The van der Waals surface area contributed by atoms with Gasteiger partial charge in [0.15, 0.2) is 11.5 Å². The number of hydrogen-bond donors (Lipinski definition) is 1. The summed E-state index contributed by atoms with van der Waals surface area (Å²) in [6, 6.07) is 9.80. The van der Waals surface area contributed by atoms with E-state index in [1.54, 1.807) is 20.5 Å². The van der Waals surface area contributed by atoms with Crippen LogP contribution in [-0.4, -0.2) is 32.7 Å². The van der Waals surface area contributed by atoms with E-state index in [1.807, 2.05) is 37.4 Å². The van der Waals surface area contributed by atoms with Crippen molar-refractivity contribution in [2.45, 2.75) is 12.6 Å². The molecule has 2 rings (SSSR count). The van der Waals surface area contributed by atoms with Crippen LogP contribution in [0.2, 0.25) is 0 Å². The van der Waals surface area contributed by atoms with Gasteiger partial charge >= 0.3 is 0 Å². The molecule has 0 spiro atoms. The van der Waals surface area contributed by atoms with Crippen LogP contribution < -0.4 is 15.2 Å². The van der Waals surface area contributed by atoms with Crippen molar-refractivity contribution < 1.29 is 13.9 Å². The Morgan fingerprint density at radius 1 is 1.19 bits per heavy atom. The fourth-order valence-electron chi connectivity index (χ4n) is 2.39. The average Bonchev–Trinajstić information content (AvgIpc) is 3.00. The van der Waals surface area contributed by atoms with E-state index in [4.69, 9.17) is 19.6 Å². The lowest BCUT2D eigenvalue weighted by molar-refractivity contribution is 0.222. The van der Waals surface area contributed by atoms with Gasteiger partial charge in [-0.25, -0.2) is 0 Å². The Balaban J connectivity index is 2.20. The Morgan fingerprint density at radius 3 is 2.52 bits per heavy atom. The first-order valence-electron chi connectivity index (χ1n) is 6.84. The number of nitrogens with zero attached hydrogens (tertiary/aromatic N) is 1. The monoisotopic (exact) mass is 290 g/mol. The van der Waals surface area contributed by atoms with Crippen molar-refractivity contribution in [2.24, 2.45) is 5.73 Å². The molecule has 0 radical (unpaired) electrons. The summed E-state index contributed by atoms with van der Waals surface area (Å²) in [5.74, 6) is 2.34. The zero-order valence-corrected chi connectivity index (χ0v) is 12.7. The first-order chi connectivity index (χ1) is 10.2. The van der Waals surface area contributed by atoms with Crippen molar-refractivity contribution in [3.63, 3.8) is 0 Å². The van der Waals surface area contributed by atoms with Crippen LogP contribution in [-0.2, 0) is 6.54 Å². The standard InChI is InChI=1S/C16H22N2O3/c1-18(11-13-5-4-8-21-13)14(10-17)12-6-7-15(19-2)16(9-12)20-3/h4-9,14H,10-11,17H2,1-3H3. The number of hydrogen-bond acceptors (Lipinski definition) is 5. The molecule has 2 aromatic rings. The first kappa shape index (κ1) is 15.4. The number of ether oxygens (including phenoxy) is 2. The van der Waals surface area contributed by atoms with Crippen molar-refractivity contribution in [3.05, 3.63) is 47.9 Å². The van der Waals surface area contributed by atoms with Crippen molar-refractivity contribution in [1.29, 1.82) is 0 Å². The number of likely N-dealkylation sites (N-methyl/N-ethyl adjacent to an activating group) is 1. The fourth-order valence-corrected chi connectivity index (χ4v) is 2.39. The number of furan rings is 1. The second kappa shape index (κ2) is 7.15. The average molecular weight is 290 g/mol. The molecule has 1 aromatic carbocycles. The number of benzene rings is 1. The van der Waals surface area contributed by atoms with Gasteiger partial charge in [-0.2, -0.15) is 0 Å². The van der Waals surface area contributed by atoms with Gasteiger partial charge < -0.3 is 19.6 Å². The highest BCUT2D eigenvalue weighted by atomic mass is 16.5. The molecule has 0 saturated heterocycles. The maximum atomic E-state index is 5.95. The Hall–Kier alpha value is -1.98. The molecule has 5 nitrogen and oxygen atoms in total. The summed E-state index contributed by atoms with van der Waals surface area (Å²) in [6.45, 7) is 1.20. The lowest BCUT2D eigenvalue weighted by Gasteiger charge is -2.27. The lowest BCUT2D eigenvalue weighted by atomic mass is 10.0. The van der Waals surface area contributed by atoms with Gasteiger partial charge in [-0.05, 0) is 36.9 Å². The van der Waals surface area contributed by atoms with Crippen molar-refractivity contribution >= 4 is 0 Å². The van der Waals surface area contributed by atoms with E-state index in [-0.39, 0.29) is 6.04 Å². The summed E-state index contributed by atoms with van der Waals surface area (Å²) in [4.78, 5) is 2.15. The van der Waals surface area contributed by atoms with Crippen LogP contribution >= 0.6 is 0 Å². The lowest BCUT2D eigenvalue weighted by Crippen LogP contribution is -2.30. The molecule has 2 N–H and O–H groups in total. The number of rotatable bonds is 7. The molecule has 0 aliphatic rings. The third-order valence-electron chi connectivity index (χ3n) is 3.53. The molecule has 21 heavy (non-hydrogen) atoms. The summed E-state index contributed by atoms with van der Waals surface area (Å²) < 4.78 is 16.0. The number of nitrogens with two attached hydrogens (primary N) is 1. The van der Waals surface area contributed by atoms with Gasteiger partial charge in [0.1, 0.15) is 5.76 Å². The Labute approximate surface area is 125 Å². The van der Waals surface area contributed by atoms with E-state index in [1.165, 1.54) is 0 Å². The molecule has 1 unspecified atom stereocenters. The van der Waals surface area contributed by atoms with E-state index in [2.05, 4.69) is 4.90 Å². The molecule has 1 aromatic heterocycles. The van der Waals surface area contributed by atoms with Gasteiger partial charge in [0.05, 0.1) is 27.0 Å². The maximum absolute atomic E-state index is 5.95. The van der Waals surface area contributed by atoms with Gasteiger partial charge in [0.2, 0.25) is 0 Å². The highest BCUT2D eigenvalue weighted by Crippen LogP contribution is 2.31. The van der Waals surface area contributed by atoms with Crippen LogP contribution in [0.25, 0.3) is 0 Å². The summed E-state index contributed by atoms with van der Waals surface area (Å²) >= 11 is 0. The minimum atomic E-state index is 0.0786. The number of methoxy groups -OCH3 is 2. The van der Waals surface area contributed by atoms with Gasteiger partial charge in [-0.1, -0.05) is 6.07 Å². The normalized spacial score (nSPS) is 12.4. The Bertz CT molecular complexity index is 555. The smallest absolute Gasteiger partial charge is 0.161 e. The van der Waals surface area contributed by atoms with E-state index >= 15 is 0 Å². The highest BCUT2D eigenvalue weighted by molar-refractivity contribution is 5.43. The van der Waals surface area contributed by atoms with Crippen LogP contribution in [0.4, 0.5) is 0 Å². The summed E-state index contributed by atoms with van der Waals surface area (Å²) in [7, 11) is 5.28. The third-order valence-corrected chi connectivity index (χ3v) is 3.53. The van der Waals surface area contributed by atoms with Crippen molar-refractivity contribution in [3.8, 4) is 11.5 Å².